The summed E-state index contributed by atoms with van der Waals surface area (Å²) in [5, 5.41) is 8.61. The van der Waals surface area contributed by atoms with Crippen LogP contribution in [0.15, 0.2) is 23.1 Å². The molecule has 0 amide bonds. The minimum absolute atomic E-state index is 0.0497. The van der Waals surface area contributed by atoms with Crippen molar-refractivity contribution in [3.05, 3.63) is 29.3 Å². The molecule has 0 bridgehead atoms. The molecule has 1 aromatic rings. The highest BCUT2D eigenvalue weighted by atomic mass is 32.2. The lowest BCUT2D eigenvalue weighted by molar-refractivity contribution is 0.0482. The van der Waals surface area contributed by atoms with E-state index >= 15 is 0 Å². The highest BCUT2D eigenvalue weighted by Crippen LogP contribution is 2.30. The van der Waals surface area contributed by atoms with Gasteiger partial charge in [0.1, 0.15) is 0 Å². The molecule has 0 saturated heterocycles. The number of hydrogen-bond donors (Lipinski definition) is 1. The van der Waals surface area contributed by atoms with Crippen LogP contribution < -0.4 is 0 Å². The molecule has 3 nitrogen and oxygen atoms in total. The number of ether oxygens (including phenoxy) is 1. The Morgan fingerprint density at radius 2 is 2.35 bits per heavy atom. The number of rotatable bonds is 4. The predicted octanol–water partition coefficient (Wildman–Crippen LogP) is 2.26. The van der Waals surface area contributed by atoms with Gasteiger partial charge in [0.25, 0.3) is 0 Å². The molecule has 0 aromatic heterocycles. The van der Waals surface area contributed by atoms with Crippen molar-refractivity contribution in [2.24, 2.45) is 0 Å². The van der Waals surface area contributed by atoms with Gasteiger partial charge in [-0.1, -0.05) is 0 Å². The molecule has 0 unspecified atom stereocenters. The molecule has 0 radical (unpaired) electrons. The Balaban J connectivity index is 2.03. The van der Waals surface area contributed by atoms with E-state index in [1.54, 1.807) is 0 Å². The molecule has 17 heavy (non-hydrogen) atoms. The molecule has 0 aliphatic carbocycles. The molecule has 1 aromatic carbocycles. The molecule has 0 fully saturated rings. The van der Waals surface area contributed by atoms with E-state index in [2.05, 4.69) is 0 Å². The monoisotopic (exact) mass is 252 g/mol. The second-order valence-corrected chi connectivity index (χ2v) is 5.12. The van der Waals surface area contributed by atoms with Crippen molar-refractivity contribution in [2.75, 3.05) is 19.0 Å². The largest absolute Gasteiger partial charge is 0.462 e. The fourth-order valence-electron chi connectivity index (χ4n) is 1.80. The molecule has 0 spiro atoms. The zero-order valence-corrected chi connectivity index (χ0v) is 10.5. The number of carbonyl (C=O) groups is 1. The summed E-state index contributed by atoms with van der Waals surface area (Å²) in [5.41, 5.74) is 1.86. The quantitative estimate of drug-likeness (QED) is 0.659. The SMILES string of the molecule is O=C(OCCCO)c1ccc2c(c1)CCCS2. The van der Waals surface area contributed by atoms with Crippen LogP contribution in [-0.2, 0) is 11.2 Å². The maximum atomic E-state index is 11.7. The van der Waals surface area contributed by atoms with Crippen molar-refractivity contribution >= 4 is 17.7 Å². The zero-order chi connectivity index (χ0) is 12.1. The first kappa shape index (κ1) is 12.5. The molecule has 1 heterocycles. The van der Waals surface area contributed by atoms with Crippen LogP contribution in [-0.4, -0.2) is 30.0 Å². The van der Waals surface area contributed by atoms with Crippen molar-refractivity contribution in [3.63, 3.8) is 0 Å². The standard InChI is InChI=1S/C13H16O3S/c14-6-2-7-16-13(15)11-4-5-12-10(9-11)3-1-8-17-12/h4-5,9,14H,1-3,6-8H2. The molecule has 0 atom stereocenters. The molecule has 4 heteroatoms. The summed E-state index contributed by atoms with van der Waals surface area (Å²) >= 11 is 1.85. The van der Waals surface area contributed by atoms with E-state index in [1.807, 2.05) is 30.0 Å². The summed E-state index contributed by atoms with van der Waals surface area (Å²) in [5.74, 6) is 0.865. The Labute approximate surface area is 105 Å². The van der Waals surface area contributed by atoms with E-state index in [1.165, 1.54) is 16.9 Å². The Kier molecular flexibility index (Phi) is 4.45. The van der Waals surface area contributed by atoms with Crippen molar-refractivity contribution in [1.82, 2.24) is 0 Å². The highest BCUT2D eigenvalue weighted by molar-refractivity contribution is 7.99. The Morgan fingerprint density at radius 3 is 3.18 bits per heavy atom. The van der Waals surface area contributed by atoms with Crippen molar-refractivity contribution in [3.8, 4) is 0 Å². The van der Waals surface area contributed by atoms with E-state index in [0.717, 1.165) is 12.2 Å². The van der Waals surface area contributed by atoms with Crippen LogP contribution in [0.3, 0.4) is 0 Å². The summed E-state index contributed by atoms with van der Waals surface area (Å²) in [7, 11) is 0. The lowest BCUT2D eigenvalue weighted by Gasteiger charge is -2.15. The number of benzene rings is 1. The van der Waals surface area contributed by atoms with Gasteiger partial charge in [0.15, 0.2) is 0 Å². The number of thioether (sulfide) groups is 1. The molecule has 92 valence electrons. The first-order chi connectivity index (χ1) is 8.31. The fourth-order valence-corrected chi connectivity index (χ4v) is 2.82. The van der Waals surface area contributed by atoms with E-state index in [9.17, 15) is 4.79 Å². The average molecular weight is 252 g/mol. The van der Waals surface area contributed by atoms with Crippen molar-refractivity contribution in [2.45, 2.75) is 24.2 Å². The van der Waals surface area contributed by atoms with E-state index < -0.39 is 0 Å². The predicted molar refractivity (Wildman–Crippen MR) is 67.5 cm³/mol. The second kappa shape index (κ2) is 6.07. The summed E-state index contributed by atoms with van der Waals surface area (Å²) < 4.78 is 5.05. The number of carbonyl (C=O) groups excluding carboxylic acids is 1. The first-order valence-corrected chi connectivity index (χ1v) is 6.83. The van der Waals surface area contributed by atoms with Gasteiger partial charge in [-0.25, -0.2) is 4.79 Å². The molecule has 1 aliphatic rings. The first-order valence-electron chi connectivity index (χ1n) is 5.85. The zero-order valence-electron chi connectivity index (χ0n) is 9.65. The Morgan fingerprint density at radius 1 is 1.47 bits per heavy atom. The number of aryl methyl sites for hydroxylation is 1. The molecule has 1 aliphatic heterocycles. The smallest absolute Gasteiger partial charge is 0.338 e. The third kappa shape index (κ3) is 3.23. The van der Waals surface area contributed by atoms with E-state index in [0.29, 0.717) is 12.0 Å². The lowest BCUT2D eigenvalue weighted by atomic mass is 10.1. The van der Waals surface area contributed by atoms with Crippen LogP contribution in [0.5, 0.6) is 0 Å². The molecular weight excluding hydrogens is 236 g/mol. The molecule has 1 N–H and O–H groups in total. The van der Waals surface area contributed by atoms with Gasteiger partial charge < -0.3 is 9.84 Å². The van der Waals surface area contributed by atoms with Crippen LogP contribution >= 0.6 is 11.8 Å². The van der Waals surface area contributed by atoms with Crippen LogP contribution in [0.4, 0.5) is 0 Å². The number of hydrogen-bond acceptors (Lipinski definition) is 4. The van der Waals surface area contributed by atoms with Gasteiger partial charge in [-0.15, -0.1) is 11.8 Å². The maximum absolute atomic E-state index is 11.7. The molecule has 2 rings (SSSR count). The van der Waals surface area contributed by atoms with E-state index in [4.69, 9.17) is 9.84 Å². The van der Waals surface area contributed by atoms with Gasteiger partial charge in [-0.3, -0.25) is 0 Å². The number of aliphatic hydroxyl groups excluding tert-OH is 1. The van der Waals surface area contributed by atoms with Crippen LogP contribution in [0.25, 0.3) is 0 Å². The number of fused-ring (bicyclic) bond motifs is 1. The third-order valence-electron chi connectivity index (χ3n) is 2.68. The van der Waals surface area contributed by atoms with E-state index in [-0.39, 0.29) is 19.2 Å². The Hall–Kier alpha value is -1.00. The number of aliphatic hydroxyl groups is 1. The summed E-state index contributed by atoms with van der Waals surface area (Å²) in [6.45, 7) is 0.329. The average Bonchev–Trinajstić information content (AvgIpc) is 2.38. The second-order valence-electron chi connectivity index (χ2n) is 3.99. The van der Waals surface area contributed by atoms with Gasteiger partial charge in [-0.2, -0.15) is 0 Å². The fraction of sp³-hybridized carbons (Fsp3) is 0.462. The van der Waals surface area contributed by atoms with Gasteiger partial charge in [0, 0.05) is 17.9 Å². The van der Waals surface area contributed by atoms with Gasteiger partial charge in [0.05, 0.1) is 12.2 Å². The highest BCUT2D eigenvalue weighted by Gasteiger charge is 2.13. The van der Waals surface area contributed by atoms with Crippen LogP contribution in [0.1, 0.15) is 28.8 Å². The number of esters is 1. The van der Waals surface area contributed by atoms with Crippen LogP contribution in [0, 0.1) is 0 Å². The normalized spacial score (nSPS) is 14.2. The van der Waals surface area contributed by atoms with Crippen molar-refractivity contribution in [1.29, 1.82) is 0 Å². The minimum Gasteiger partial charge on any atom is -0.462 e. The van der Waals surface area contributed by atoms with Gasteiger partial charge in [0.2, 0.25) is 0 Å². The summed E-state index contributed by atoms with van der Waals surface area (Å²) in [6, 6.07) is 5.75. The minimum atomic E-state index is -0.295. The van der Waals surface area contributed by atoms with Gasteiger partial charge >= 0.3 is 5.97 Å². The van der Waals surface area contributed by atoms with Gasteiger partial charge in [-0.05, 0) is 42.4 Å². The summed E-state index contributed by atoms with van der Waals surface area (Å²) in [4.78, 5) is 13.0. The Bertz CT molecular complexity index is 404. The lowest BCUT2D eigenvalue weighted by Crippen LogP contribution is -2.09. The third-order valence-corrected chi connectivity index (χ3v) is 3.88. The maximum Gasteiger partial charge on any atom is 0.338 e. The topological polar surface area (TPSA) is 46.5 Å². The molecular formula is C13H16O3S. The molecule has 0 saturated carbocycles. The van der Waals surface area contributed by atoms with Crippen molar-refractivity contribution < 1.29 is 14.6 Å². The summed E-state index contributed by atoms with van der Waals surface area (Å²) in [6.07, 6.45) is 2.70. The van der Waals surface area contributed by atoms with Crippen LogP contribution in [0.2, 0.25) is 0 Å².